The summed E-state index contributed by atoms with van der Waals surface area (Å²) in [7, 11) is 0. The minimum atomic E-state index is -1.03. The van der Waals surface area contributed by atoms with Gasteiger partial charge in [0, 0.05) is 23.1 Å². The van der Waals surface area contributed by atoms with E-state index in [2.05, 4.69) is 5.32 Å². The second-order valence-corrected chi connectivity index (χ2v) is 6.90. The third-order valence-corrected chi connectivity index (χ3v) is 4.43. The topological polar surface area (TPSA) is 118 Å². The first-order valence-electron chi connectivity index (χ1n) is 8.78. The summed E-state index contributed by atoms with van der Waals surface area (Å²) in [5.41, 5.74) is 7.15. The highest BCUT2D eigenvalue weighted by molar-refractivity contribution is 7.98. The van der Waals surface area contributed by atoms with Crippen LogP contribution >= 0.6 is 11.8 Å². The number of nitrogens with two attached hydrogens (primary N) is 1. The Kier molecular flexibility index (Phi) is 8.01. The van der Waals surface area contributed by atoms with Gasteiger partial charge in [-0.1, -0.05) is 0 Å². The number of anilines is 1. The highest BCUT2D eigenvalue weighted by Crippen LogP contribution is 2.29. The quantitative estimate of drug-likeness (QED) is 0.258. The number of carbonyl (C=O) groups is 1. The molecule has 1 unspecified atom stereocenters. The van der Waals surface area contributed by atoms with E-state index in [1.165, 1.54) is 0 Å². The monoisotopic (exact) mass is 403 g/mol. The third-order valence-electron chi connectivity index (χ3n) is 3.86. The summed E-state index contributed by atoms with van der Waals surface area (Å²) in [5, 5.41) is 20.2. The summed E-state index contributed by atoms with van der Waals surface area (Å²) in [4.78, 5) is 11.9. The van der Waals surface area contributed by atoms with E-state index in [0.29, 0.717) is 41.5 Å². The number of carboxylic acid groups (broad SMARTS) is 1. The Balaban J connectivity index is 2.29. The molecule has 2 aromatic carbocycles. The van der Waals surface area contributed by atoms with E-state index in [9.17, 15) is 9.90 Å². The summed E-state index contributed by atoms with van der Waals surface area (Å²) in [6.07, 6.45) is 1.99. The molecule has 1 atom stereocenters. The van der Waals surface area contributed by atoms with Crippen molar-refractivity contribution in [1.82, 2.24) is 0 Å². The van der Waals surface area contributed by atoms with Crippen molar-refractivity contribution in [3.05, 3.63) is 53.6 Å². The molecule has 5 N–H and O–H groups in total. The predicted molar refractivity (Wildman–Crippen MR) is 113 cm³/mol. The van der Waals surface area contributed by atoms with Gasteiger partial charge in [0.15, 0.2) is 6.04 Å². The molecule has 0 aliphatic rings. The molecule has 2 aromatic rings. The number of benzene rings is 2. The SMILES string of the molecule is CCOc1cc(OCCSC)cc(C(Nc2ccc(C(=N)N)cc2)C(=O)O)c1. The molecule has 0 saturated carbocycles. The first-order valence-corrected chi connectivity index (χ1v) is 10.2. The average Bonchev–Trinajstić information content (AvgIpc) is 2.66. The Bertz CT molecular complexity index is 812. The third kappa shape index (κ3) is 6.09. The van der Waals surface area contributed by atoms with Crippen molar-refractivity contribution in [3.8, 4) is 11.5 Å². The summed E-state index contributed by atoms with van der Waals surface area (Å²) in [6.45, 7) is 2.85. The van der Waals surface area contributed by atoms with E-state index in [1.807, 2.05) is 13.2 Å². The van der Waals surface area contributed by atoms with E-state index in [4.69, 9.17) is 20.6 Å². The van der Waals surface area contributed by atoms with Gasteiger partial charge in [0.05, 0.1) is 13.2 Å². The molecule has 150 valence electrons. The number of carboxylic acids is 1. The molecule has 8 heteroatoms. The fraction of sp³-hybridized carbons (Fsp3) is 0.300. The Labute approximate surface area is 168 Å². The van der Waals surface area contributed by atoms with Crippen molar-refractivity contribution >= 4 is 29.3 Å². The van der Waals surface area contributed by atoms with Crippen LogP contribution in [0.25, 0.3) is 0 Å². The number of nitrogens with one attached hydrogen (secondary N) is 2. The molecule has 0 fully saturated rings. The first kappa shape index (κ1) is 21.4. The number of rotatable bonds is 11. The maximum atomic E-state index is 11.9. The highest BCUT2D eigenvalue weighted by Gasteiger charge is 2.21. The normalized spacial score (nSPS) is 11.5. The van der Waals surface area contributed by atoms with Crippen molar-refractivity contribution in [2.45, 2.75) is 13.0 Å². The van der Waals surface area contributed by atoms with Crippen LogP contribution in [0.3, 0.4) is 0 Å². The van der Waals surface area contributed by atoms with Crippen LogP contribution < -0.4 is 20.5 Å². The van der Waals surface area contributed by atoms with Gasteiger partial charge in [0.2, 0.25) is 0 Å². The van der Waals surface area contributed by atoms with Gasteiger partial charge in [0.25, 0.3) is 0 Å². The molecule has 0 spiro atoms. The van der Waals surface area contributed by atoms with Crippen LogP contribution in [-0.4, -0.2) is 42.1 Å². The summed E-state index contributed by atoms with van der Waals surface area (Å²) >= 11 is 1.67. The van der Waals surface area contributed by atoms with Gasteiger partial charge < -0.3 is 25.6 Å². The van der Waals surface area contributed by atoms with Gasteiger partial charge in [-0.15, -0.1) is 0 Å². The molecule has 0 heterocycles. The lowest BCUT2D eigenvalue weighted by Gasteiger charge is -2.19. The van der Waals surface area contributed by atoms with Gasteiger partial charge in [-0.3, -0.25) is 5.41 Å². The van der Waals surface area contributed by atoms with Crippen molar-refractivity contribution in [1.29, 1.82) is 5.41 Å². The largest absolute Gasteiger partial charge is 0.494 e. The van der Waals surface area contributed by atoms with Crippen molar-refractivity contribution in [2.75, 3.05) is 30.5 Å². The molecule has 0 aliphatic heterocycles. The number of ether oxygens (including phenoxy) is 2. The molecule has 28 heavy (non-hydrogen) atoms. The summed E-state index contributed by atoms with van der Waals surface area (Å²) in [5.74, 6) is 0.878. The second kappa shape index (κ2) is 10.5. The molecule has 2 rings (SSSR count). The maximum Gasteiger partial charge on any atom is 0.330 e. The zero-order chi connectivity index (χ0) is 20.5. The Morgan fingerprint density at radius 1 is 1.21 bits per heavy atom. The summed E-state index contributed by atoms with van der Waals surface area (Å²) in [6, 6.07) is 10.9. The number of hydrogen-bond acceptors (Lipinski definition) is 6. The maximum absolute atomic E-state index is 11.9. The number of aliphatic carboxylic acids is 1. The molecule has 0 amide bonds. The van der Waals surface area contributed by atoms with Crippen molar-refractivity contribution in [2.24, 2.45) is 5.73 Å². The zero-order valence-corrected chi connectivity index (χ0v) is 16.7. The first-order chi connectivity index (χ1) is 13.4. The van der Waals surface area contributed by atoms with Crippen LogP contribution in [0.4, 0.5) is 5.69 Å². The average molecular weight is 404 g/mol. The highest BCUT2D eigenvalue weighted by atomic mass is 32.2. The van der Waals surface area contributed by atoms with Crippen LogP contribution in [0.15, 0.2) is 42.5 Å². The van der Waals surface area contributed by atoms with Gasteiger partial charge in [0.1, 0.15) is 17.3 Å². The fourth-order valence-corrected chi connectivity index (χ4v) is 2.79. The van der Waals surface area contributed by atoms with Crippen LogP contribution in [0.2, 0.25) is 0 Å². The number of amidine groups is 1. The van der Waals surface area contributed by atoms with E-state index in [1.54, 1.807) is 54.2 Å². The number of thioether (sulfide) groups is 1. The lowest BCUT2D eigenvalue weighted by Crippen LogP contribution is -2.21. The van der Waals surface area contributed by atoms with E-state index >= 15 is 0 Å². The standard InChI is InChI=1S/C20H25N3O4S/c1-3-26-16-10-14(11-17(12-16)27-8-9-28-2)18(20(24)25)23-15-6-4-13(5-7-15)19(21)22/h4-7,10-12,18,23H,3,8-9H2,1-2H3,(H3,21,22)(H,24,25). The predicted octanol–water partition coefficient (Wildman–Crippen LogP) is 3.35. The smallest absolute Gasteiger partial charge is 0.330 e. The van der Waals surface area contributed by atoms with Crippen LogP contribution in [0.1, 0.15) is 24.1 Å². The minimum absolute atomic E-state index is 0.0437. The molecular weight excluding hydrogens is 378 g/mol. The van der Waals surface area contributed by atoms with Gasteiger partial charge >= 0.3 is 5.97 Å². The van der Waals surface area contributed by atoms with Crippen LogP contribution in [-0.2, 0) is 4.79 Å². The van der Waals surface area contributed by atoms with Crippen molar-refractivity contribution in [3.63, 3.8) is 0 Å². The van der Waals surface area contributed by atoms with E-state index < -0.39 is 12.0 Å². The lowest BCUT2D eigenvalue weighted by molar-refractivity contribution is -0.138. The van der Waals surface area contributed by atoms with Crippen molar-refractivity contribution < 1.29 is 19.4 Å². The second-order valence-electron chi connectivity index (χ2n) is 5.92. The van der Waals surface area contributed by atoms with E-state index in [0.717, 1.165) is 5.75 Å². The number of hydrogen-bond donors (Lipinski definition) is 4. The zero-order valence-electron chi connectivity index (χ0n) is 15.9. The van der Waals surface area contributed by atoms with Crippen LogP contribution in [0.5, 0.6) is 11.5 Å². The van der Waals surface area contributed by atoms with Crippen LogP contribution in [0, 0.1) is 5.41 Å². The Hall–Kier alpha value is -2.87. The molecule has 0 aromatic heterocycles. The lowest BCUT2D eigenvalue weighted by atomic mass is 10.1. The fourth-order valence-electron chi connectivity index (χ4n) is 2.54. The van der Waals surface area contributed by atoms with Gasteiger partial charge in [-0.25, -0.2) is 4.79 Å². The molecule has 0 radical (unpaired) electrons. The molecule has 0 bridgehead atoms. The van der Waals surface area contributed by atoms with E-state index in [-0.39, 0.29) is 5.84 Å². The number of nitrogen functional groups attached to an aromatic ring is 1. The molecule has 0 aliphatic carbocycles. The minimum Gasteiger partial charge on any atom is -0.494 e. The Morgan fingerprint density at radius 2 is 1.86 bits per heavy atom. The van der Waals surface area contributed by atoms with Gasteiger partial charge in [-0.05, 0) is 55.1 Å². The molecule has 0 saturated heterocycles. The Morgan fingerprint density at radius 3 is 2.39 bits per heavy atom. The van der Waals surface area contributed by atoms with Gasteiger partial charge in [-0.2, -0.15) is 11.8 Å². The molecular formula is C20H25N3O4S. The molecule has 7 nitrogen and oxygen atoms in total. The summed E-state index contributed by atoms with van der Waals surface area (Å²) < 4.78 is 11.3.